The van der Waals surface area contributed by atoms with Gasteiger partial charge in [0.05, 0.1) is 13.7 Å². The van der Waals surface area contributed by atoms with Gasteiger partial charge in [0, 0.05) is 17.9 Å². The van der Waals surface area contributed by atoms with Gasteiger partial charge in [-0.3, -0.25) is 5.32 Å². The lowest BCUT2D eigenvalue weighted by Crippen LogP contribution is -2.23. The van der Waals surface area contributed by atoms with E-state index in [2.05, 4.69) is 16.0 Å². The topological polar surface area (TPSA) is 41.6 Å². The Morgan fingerprint density at radius 3 is 2.65 bits per heavy atom. The van der Waals surface area contributed by atoms with Crippen LogP contribution in [-0.4, -0.2) is 19.7 Å². The van der Waals surface area contributed by atoms with Crippen LogP contribution in [0.25, 0.3) is 0 Å². The smallest absolute Gasteiger partial charge is 0.411 e. The molecule has 0 aliphatic carbocycles. The summed E-state index contributed by atoms with van der Waals surface area (Å²) in [5, 5.41) is 2.58. The maximum absolute atomic E-state index is 13.3. The molecule has 1 amide bonds. The summed E-state index contributed by atoms with van der Waals surface area (Å²) >= 11 is 0. The second kappa shape index (κ2) is 7.85. The third-order valence-electron chi connectivity index (χ3n) is 3.21. The Balaban J connectivity index is 2.14. The molecular formula is C18H17FN2O2. The predicted molar refractivity (Wildman–Crippen MR) is 88.8 cm³/mol. The number of anilines is 2. The highest BCUT2D eigenvalue weighted by Gasteiger charge is 2.08. The fraction of sp³-hybridized carbons (Fsp3) is 0.167. The largest absolute Gasteiger partial charge is 0.453 e. The number of carbonyl (C=O) groups is 1. The first kappa shape index (κ1) is 16.4. The van der Waals surface area contributed by atoms with Gasteiger partial charge in [0.1, 0.15) is 5.82 Å². The quantitative estimate of drug-likeness (QED) is 0.857. The van der Waals surface area contributed by atoms with Crippen molar-refractivity contribution >= 4 is 17.5 Å². The second-order valence-electron chi connectivity index (χ2n) is 4.85. The fourth-order valence-corrected chi connectivity index (χ4v) is 2.13. The molecule has 0 aliphatic rings. The molecule has 0 fully saturated rings. The highest BCUT2D eigenvalue weighted by atomic mass is 19.1. The van der Waals surface area contributed by atoms with Crippen LogP contribution in [0.4, 0.5) is 20.6 Å². The van der Waals surface area contributed by atoms with Gasteiger partial charge in [-0.15, -0.1) is 6.42 Å². The van der Waals surface area contributed by atoms with Gasteiger partial charge in [0.2, 0.25) is 0 Å². The molecule has 1 N–H and O–H groups in total. The summed E-state index contributed by atoms with van der Waals surface area (Å²) < 4.78 is 17.8. The lowest BCUT2D eigenvalue weighted by atomic mass is 10.2. The monoisotopic (exact) mass is 312 g/mol. The molecule has 0 saturated heterocycles. The fourth-order valence-electron chi connectivity index (χ4n) is 2.13. The van der Waals surface area contributed by atoms with E-state index in [0.29, 0.717) is 18.8 Å². The number of carbonyl (C=O) groups excluding carboxylic acids is 1. The number of ether oxygens (including phenoxy) is 1. The van der Waals surface area contributed by atoms with E-state index in [-0.39, 0.29) is 5.82 Å². The lowest BCUT2D eigenvalue weighted by molar-refractivity contribution is 0.187. The molecule has 5 heteroatoms. The van der Waals surface area contributed by atoms with Gasteiger partial charge in [-0.2, -0.15) is 0 Å². The van der Waals surface area contributed by atoms with Crippen LogP contribution in [0.3, 0.4) is 0 Å². The number of methoxy groups -OCH3 is 1. The van der Waals surface area contributed by atoms with Crippen LogP contribution >= 0.6 is 0 Å². The molecule has 0 aliphatic heterocycles. The van der Waals surface area contributed by atoms with Crippen molar-refractivity contribution in [1.82, 2.24) is 0 Å². The number of nitrogens with one attached hydrogen (secondary N) is 1. The minimum Gasteiger partial charge on any atom is -0.453 e. The number of rotatable bonds is 5. The van der Waals surface area contributed by atoms with Crippen molar-refractivity contribution in [1.29, 1.82) is 0 Å². The number of benzene rings is 2. The molecule has 0 saturated carbocycles. The minimum absolute atomic E-state index is 0.277. The maximum Gasteiger partial charge on any atom is 0.411 e. The molecule has 2 aromatic rings. The van der Waals surface area contributed by atoms with Crippen molar-refractivity contribution in [2.75, 3.05) is 23.9 Å². The molecule has 0 bridgehead atoms. The molecule has 0 heterocycles. The van der Waals surface area contributed by atoms with Crippen LogP contribution < -0.4 is 10.2 Å². The number of halogens is 1. The number of hydrogen-bond donors (Lipinski definition) is 1. The molecule has 0 spiro atoms. The van der Waals surface area contributed by atoms with E-state index < -0.39 is 6.09 Å². The Hall–Kier alpha value is -3.00. The predicted octanol–water partition coefficient (Wildman–Crippen LogP) is 3.64. The van der Waals surface area contributed by atoms with Gasteiger partial charge in [-0.05, 0) is 42.0 Å². The summed E-state index contributed by atoms with van der Waals surface area (Å²) in [5.41, 5.74) is 2.33. The summed E-state index contributed by atoms with van der Waals surface area (Å²) in [6, 6.07) is 13.6. The summed E-state index contributed by atoms with van der Waals surface area (Å²) in [6.07, 6.45) is 4.90. The van der Waals surface area contributed by atoms with Crippen molar-refractivity contribution in [3.8, 4) is 12.3 Å². The highest BCUT2D eigenvalue weighted by molar-refractivity contribution is 5.84. The molecule has 0 atom stereocenters. The van der Waals surface area contributed by atoms with Crippen molar-refractivity contribution in [2.24, 2.45) is 0 Å². The average molecular weight is 312 g/mol. The van der Waals surface area contributed by atoms with Crippen LogP contribution in [0.15, 0.2) is 48.5 Å². The third-order valence-corrected chi connectivity index (χ3v) is 3.21. The van der Waals surface area contributed by atoms with Crippen LogP contribution in [0.5, 0.6) is 0 Å². The van der Waals surface area contributed by atoms with E-state index in [1.807, 2.05) is 23.1 Å². The van der Waals surface area contributed by atoms with Gasteiger partial charge in [-0.25, -0.2) is 9.18 Å². The maximum atomic E-state index is 13.3. The standard InChI is InChI=1S/C18H17FN2O2/c1-3-11-21(13-14-5-4-6-15(19)12-14)17-9-7-16(8-10-17)20-18(22)23-2/h1,4-10,12H,11,13H2,2H3,(H,20,22). The first-order valence-corrected chi connectivity index (χ1v) is 7.00. The molecule has 2 rings (SSSR count). The number of terminal acetylenes is 1. The van der Waals surface area contributed by atoms with E-state index in [1.54, 1.807) is 18.2 Å². The second-order valence-corrected chi connectivity index (χ2v) is 4.85. The molecule has 4 nitrogen and oxygen atoms in total. The summed E-state index contributed by atoms with van der Waals surface area (Å²) in [5.74, 6) is 2.32. The average Bonchev–Trinajstić information content (AvgIpc) is 2.55. The zero-order valence-electron chi connectivity index (χ0n) is 12.8. The van der Waals surface area contributed by atoms with Gasteiger partial charge in [-0.1, -0.05) is 18.1 Å². The van der Waals surface area contributed by atoms with E-state index >= 15 is 0 Å². The van der Waals surface area contributed by atoms with Crippen molar-refractivity contribution in [3.63, 3.8) is 0 Å². The van der Waals surface area contributed by atoms with Crippen LogP contribution in [0.1, 0.15) is 5.56 Å². The van der Waals surface area contributed by atoms with Crippen molar-refractivity contribution in [2.45, 2.75) is 6.54 Å². The van der Waals surface area contributed by atoms with Crippen LogP contribution in [-0.2, 0) is 11.3 Å². The Bertz CT molecular complexity index is 708. The summed E-state index contributed by atoms with van der Waals surface area (Å²) in [6.45, 7) is 0.881. The third kappa shape index (κ3) is 4.75. The molecular weight excluding hydrogens is 295 g/mol. The number of hydrogen-bond acceptors (Lipinski definition) is 3. The summed E-state index contributed by atoms with van der Waals surface area (Å²) in [7, 11) is 1.30. The zero-order valence-corrected chi connectivity index (χ0v) is 12.8. The van der Waals surface area contributed by atoms with E-state index in [4.69, 9.17) is 6.42 Å². The molecule has 0 aromatic heterocycles. The lowest BCUT2D eigenvalue weighted by Gasteiger charge is -2.23. The van der Waals surface area contributed by atoms with Crippen LogP contribution in [0.2, 0.25) is 0 Å². The number of nitrogens with zero attached hydrogens (tertiary/aromatic N) is 1. The normalized spacial score (nSPS) is 9.78. The van der Waals surface area contributed by atoms with Crippen LogP contribution in [0, 0.1) is 18.2 Å². The summed E-state index contributed by atoms with van der Waals surface area (Å²) in [4.78, 5) is 13.1. The van der Waals surface area contributed by atoms with E-state index in [1.165, 1.54) is 19.2 Å². The SMILES string of the molecule is C#CCN(Cc1cccc(F)c1)c1ccc(NC(=O)OC)cc1. The van der Waals surface area contributed by atoms with Crippen molar-refractivity contribution in [3.05, 3.63) is 59.9 Å². The first-order chi connectivity index (χ1) is 11.1. The molecule has 0 radical (unpaired) electrons. The van der Waals surface area contributed by atoms with Gasteiger partial charge >= 0.3 is 6.09 Å². The Morgan fingerprint density at radius 2 is 2.04 bits per heavy atom. The zero-order chi connectivity index (χ0) is 16.7. The Labute approximate surface area is 134 Å². The number of amides is 1. The Kier molecular flexibility index (Phi) is 5.59. The van der Waals surface area contributed by atoms with Gasteiger partial charge < -0.3 is 9.64 Å². The van der Waals surface area contributed by atoms with E-state index in [0.717, 1.165) is 11.3 Å². The molecule has 0 unspecified atom stereocenters. The van der Waals surface area contributed by atoms with Crippen molar-refractivity contribution < 1.29 is 13.9 Å². The first-order valence-electron chi connectivity index (χ1n) is 7.00. The van der Waals surface area contributed by atoms with E-state index in [9.17, 15) is 9.18 Å². The molecule has 118 valence electrons. The minimum atomic E-state index is -0.530. The van der Waals surface area contributed by atoms with Gasteiger partial charge in [0.15, 0.2) is 0 Å². The van der Waals surface area contributed by atoms with Gasteiger partial charge in [0.25, 0.3) is 0 Å². The highest BCUT2D eigenvalue weighted by Crippen LogP contribution is 2.20. The molecule has 2 aromatic carbocycles. The Morgan fingerprint density at radius 1 is 1.30 bits per heavy atom. The molecule has 23 heavy (non-hydrogen) atoms.